The molecule has 2 rings (SSSR count). The SMILES string of the molecule is Clc1cc(Cl)c(Oc2cccc(Br)c2)nc1Cl. The van der Waals surface area contributed by atoms with Crippen molar-refractivity contribution in [3.05, 3.63) is 50.0 Å². The van der Waals surface area contributed by atoms with Crippen LogP contribution >= 0.6 is 50.7 Å². The summed E-state index contributed by atoms with van der Waals surface area (Å²) in [6.45, 7) is 0. The summed E-state index contributed by atoms with van der Waals surface area (Å²) < 4.78 is 6.40. The molecule has 0 aliphatic rings. The lowest BCUT2D eigenvalue weighted by molar-refractivity contribution is 0.463. The fraction of sp³-hybridized carbons (Fsp3) is 0. The Morgan fingerprint density at radius 2 is 1.82 bits per heavy atom. The van der Waals surface area contributed by atoms with Gasteiger partial charge in [0.1, 0.15) is 10.8 Å². The first-order valence-corrected chi connectivity index (χ1v) is 6.44. The van der Waals surface area contributed by atoms with E-state index in [1.165, 1.54) is 6.07 Å². The maximum Gasteiger partial charge on any atom is 0.239 e. The molecule has 1 heterocycles. The predicted octanol–water partition coefficient (Wildman–Crippen LogP) is 5.60. The van der Waals surface area contributed by atoms with E-state index in [9.17, 15) is 0 Å². The van der Waals surface area contributed by atoms with Gasteiger partial charge < -0.3 is 4.74 Å². The van der Waals surface area contributed by atoms with Crippen LogP contribution in [0.5, 0.6) is 11.6 Å². The third-order valence-corrected chi connectivity index (χ3v) is 3.30. The standard InChI is InChI=1S/C11H5BrCl3NO/c12-6-2-1-3-7(4-6)17-11-9(14)5-8(13)10(15)16-11/h1-5H. The molecule has 2 aromatic rings. The maximum absolute atomic E-state index is 5.95. The number of halogens is 4. The van der Waals surface area contributed by atoms with Crippen LogP contribution in [0.25, 0.3) is 0 Å². The number of nitrogens with zero attached hydrogens (tertiary/aromatic N) is 1. The summed E-state index contributed by atoms with van der Waals surface area (Å²) in [6, 6.07) is 8.79. The van der Waals surface area contributed by atoms with Crippen LogP contribution in [0.4, 0.5) is 0 Å². The van der Waals surface area contributed by atoms with Gasteiger partial charge in [0.25, 0.3) is 0 Å². The first-order valence-electron chi connectivity index (χ1n) is 4.51. The topological polar surface area (TPSA) is 22.1 Å². The van der Waals surface area contributed by atoms with Crippen LogP contribution < -0.4 is 4.74 Å². The average molecular weight is 353 g/mol. The van der Waals surface area contributed by atoms with Gasteiger partial charge in [-0.05, 0) is 24.3 Å². The van der Waals surface area contributed by atoms with Gasteiger partial charge in [0, 0.05) is 4.47 Å². The quantitative estimate of drug-likeness (QED) is 0.656. The minimum absolute atomic E-state index is 0.154. The lowest BCUT2D eigenvalue weighted by Crippen LogP contribution is -1.90. The molecule has 17 heavy (non-hydrogen) atoms. The summed E-state index contributed by atoms with van der Waals surface area (Å²) in [4.78, 5) is 3.96. The zero-order valence-corrected chi connectivity index (χ0v) is 12.1. The zero-order chi connectivity index (χ0) is 12.4. The Morgan fingerprint density at radius 3 is 2.53 bits per heavy atom. The lowest BCUT2D eigenvalue weighted by atomic mass is 10.3. The van der Waals surface area contributed by atoms with Gasteiger partial charge in [-0.2, -0.15) is 4.98 Å². The molecule has 0 radical (unpaired) electrons. The number of hydrogen-bond donors (Lipinski definition) is 0. The number of hydrogen-bond acceptors (Lipinski definition) is 2. The van der Waals surface area contributed by atoms with Crippen LogP contribution in [0.3, 0.4) is 0 Å². The van der Waals surface area contributed by atoms with Gasteiger partial charge in [-0.3, -0.25) is 0 Å². The molecule has 1 aromatic carbocycles. The van der Waals surface area contributed by atoms with E-state index in [-0.39, 0.29) is 11.0 Å². The van der Waals surface area contributed by atoms with Crippen molar-refractivity contribution in [1.82, 2.24) is 4.98 Å². The molecular weight excluding hydrogens is 348 g/mol. The van der Waals surface area contributed by atoms with Gasteiger partial charge >= 0.3 is 0 Å². The van der Waals surface area contributed by atoms with Crippen LogP contribution in [-0.4, -0.2) is 4.98 Å². The Morgan fingerprint density at radius 1 is 1.06 bits per heavy atom. The zero-order valence-electron chi connectivity index (χ0n) is 8.25. The van der Waals surface area contributed by atoms with Crippen LogP contribution in [-0.2, 0) is 0 Å². The highest BCUT2D eigenvalue weighted by molar-refractivity contribution is 9.10. The van der Waals surface area contributed by atoms with Gasteiger partial charge in [-0.1, -0.05) is 56.8 Å². The molecule has 0 aliphatic heterocycles. The summed E-state index contributed by atoms with van der Waals surface area (Å²) >= 11 is 20.9. The van der Waals surface area contributed by atoms with E-state index in [4.69, 9.17) is 39.5 Å². The number of rotatable bonds is 2. The molecule has 0 amide bonds. The van der Waals surface area contributed by atoms with E-state index in [2.05, 4.69) is 20.9 Å². The smallest absolute Gasteiger partial charge is 0.239 e. The molecule has 0 N–H and O–H groups in total. The Balaban J connectivity index is 2.33. The number of benzene rings is 1. The van der Waals surface area contributed by atoms with Gasteiger partial charge in [0.05, 0.1) is 5.02 Å². The van der Waals surface area contributed by atoms with Crippen molar-refractivity contribution in [2.45, 2.75) is 0 Å². The first kappa shape index (κ1) is 13.0. The highest BCUT2D eigenvalue weighted by Gasteiger charge is 2.10. The molecule has 0 spiro atoms. The van der Waals surface area contributed by atoms with E-state index in [0.717, 1.165) is 4.47 Å². The van der Waals surface area contributed by atoms with Crippen molar-refractivity contribution < 1.29 is 4.74 Å². The molecule has 88 valence electrons. The monoisotopic (exact) mass is 351 g/mol. The van der Waals surface area contributed by atoms with Crippen LogP contribution in [0.1, 0.15) is 0 Å². The van der Waals surface area contributed by atoms with Gasteiger partial charge in [-0.15, -0.1) is 0 Å². The molecule has 0 atom stereocenters. The summed E-state index contributed by atoms with van der Waals surface area (Å²) in [5.41, 5.74) is 0. The molecule has 1 aromatic heterocycles. The van der Waals surface area contributed by atoms with E-state index < -0.39 is 0 Å². The minimum Gasteiger partial charge on any atom is -0.437 e. The molecule has 0 saturated heterocycles. The second-order valence-electron chi connectivity index (χ2n) is 3.11. The van der Waals surface area contributed by atoms with Gasteiger partial charge in [0.2, 0.25) is 5.88 Å². The lowest BCUT2D eigenvalue weighted by Gasteiger charge is -2.07. The summed E-state index contributed by atoms with van der Waals surface area (Å²) in [6.07, 6.45) is 0. The molecule has 0 fully saturated rings. The molecule has 2 nitrogen and oxygen atoms in total. The molecular formula is C11H5BrCl3NO. The Labute approximate surface area is 122 Å². The molecule has 0 saturated carbocycles. The largest absolute Gasteiger partial charge is 0.437 e. The van der Waals surface area contributed by atoms with Gasteiger partial charge in [0.15, 0.2) is 5.15 Å². The average Bonchev–Trinajstić information content (AvgIpc) is 2.26. The van der Waals surface area contributed by atoms with Crippen molar-refractivity contribution >= 4 is 50.7 Å². The third-order valence-electron chi connectivity index (χ3n) is 1.87. The fourth-order valence-corrected chi connectivity index (χ4v) is 2.05. The van der Waals surface area contributed by atoms with Gasteiger partial charge in [-0.25, -0.2) is 0 Å². The predicted molar refractivity (Wildman–Crippen MR) is 73.5 cm³/mol. The second kappa shape index (κ2) is 5.44. The molecule has 0 bridgehead atoms. The Kier molecular flexibility index (Phi) is 4.15. The van der Waals surface area contributed by atoms with Crippen molar-refractivity contribution in [2.24, 2.45) is 0 Å². The van der Waals surface area contributed by atoms with Crippen molar-refractivity contribution in [3.8, 4) is 11.6 Å². The molecule has 0 unspecified atom stereocenters. The maximum atomic E-state index is 5.95. The van der Waals surface area contributed by atoms with E-state index in [1.54, 1.807) is 12.1 Å². The third kappa shape index (κ3) is 3.26. The number of ether oxygens (including phenoxy) is 1. The fourth-order valence-electron chi connectivity index (χ4n) is 1.14. The summed E-state index contributed by atoms with van der Waals surface area (Å²) in [7, 11) is 0. The van der Waals surface area contributed by atoms with E-state index in [1.807, 2.05) is 12.1 Å². The number of pyridine rings is 1. The van der Waals surface area contributed by atoms with Crippen LogP contribution in [0.2, 0.25) is 15.2 Å². The van der Waals surface area contributed by atoms with Crippen molar-refractivity contribution in [1.29, 1.82) is 0 Å². The molecule has 6 heteroatoms. The number of aromatic nitrogens is 1. The summed E-state index contributed by atoms with van der Waals surface area (Å²) in [5.74, 6) is 0.825. The van der Waals surface area contributed by atoms with Crippen molar-refractivity contribution in [3.63, 3.8) is 0 Å². The minimum atomic E-state index is 0.154. The van der Waals surface area contributed by atoms with E-state index in [0.29, 0.717) is 15.8 Å². The highest BCUT2D eigenvalue weighted by Crippen LogP contribution is 2.33. The van der Waals surface area contributed by atoms with Crippen molar-refractivity contribution in [2.75, 3.05) is 0 Å². The normalized spacial score (nSPS) is 10.4. The molecule has 0 aliphatic carbocycles. The first-order chi connectivity index (χ1) is 8.06. The second-order valence-corrected chi connectivity index (χ2v) is 5.20. The van der Waals surface area contributed by atoms with Crippen LogP contribution in [0.15, 0.2) is 34.8 Å². The van der Waals surface area contributed by atoms with Crippen LogP contribution in [0, 0.1) is 0 Å². The highest BCUT2D eigenvalue weighted by atomic mass is 79.9. The Hall–Kier alpha value is -0.480. The summed E-state index contributed by atoms with van der Waals surface area (Å²) in [5, 5.41) is 0.749. The Bertz CT molecular complexity index is 562. The van der Waals surface area contributed by atoms with E-state index >= 15 is 0 Å².